The van der Waals surface area contributed by atoms with Crippen molar-refractivity contribution in [2.24, 2.45) is 0 Å². The maximum Gasteiger partial charge on any atom is 0.0645 e. The van der Waals surface area contributed by atoms with Crippen LogP contribution in [0.1, 0.15) is 5.48 Å². The molecule has 12 aromatic rings. The fourth-order valence-electron chi connectivity index (χ4n) is 9.56. The fraction of sp³-hybridized carbons (Fsp3) is 0. The van der Waals surface area contributed by atoms with Gasteiger partial charge in [-0.25, -0.2) is 0 Å². The molecule has 0 saturated heterocycles. The van der Waals surface area contributed by atoms with Crippen LogP contribution in [-0.2, 0) is 0 Å². The number of rotatable bonds is 9. The maximum atomic E-state index is 9.82. The third kappa shape index (κ3) is 7.73. The Morgan fingerprint density at radius 3 is 1.28 bits per heavy atom. The molecular formula is C66H45N. The van der Waals surface area contributed by atoms with Crippen molar-refractivity contribution in [1.82, 2.24) is 0 Å². The molecule has 0 heterocycles. The number of hydrogen-bond acceptors (Lipinski definition) is 1. The normalized spacial score (nSPS) is 12.1. The Bertz CT molecular complexity index is 3870. The molecule has 0 aliphatic rings. The molecule has 12 rings (SSSR count). The smallest absolute Gasteiger partial charge is 0.0645 e. The molecule has 0 aliphatic carbocycles. The molecule has 1 heteroatoms. The first-order valence-electron chi connectivity index (χ1n) is 24.7. The minimum absolute atomic E-state index is 0.101. The van der Waals surface area contributed by atoms with Gasteiger partial charge in [-0.2, -0.15) is 0 Å². The van der Waals surface area contributed by atoms with E-state index in [1.54, 1.807) is 0 Å². The Hall–Kier alpha value is -8.78. The summed E-state index contributed by atoms with van der Waals surface area (Å²) in [5, 5.41) is 6.30. The van der Waals surface area contributed by atoms with Crippen LogP contribution >= 0.6 is 0 Å². The van der Waals surface area contributed by atoms with Gasteiger partial charge in [-0.3, -0.25) is 0 Å². The van der Waals surface area contributed by atoms with Gasteiger partial charge >= 0.3 is 0 Å². The number of benzene rings is 12. The van der Waals surface area contributed by atoms with Crippen molar-refractivity contribution >= 4 is 49.4 Å². The lowest BCUT2D eigenvalue weighted by Gasteiger charge is -2.26. The van der Waals surface area contributed by atoms with Crippen molar-refractivity contribution in [2.75, 3.05) is 4.90 Å². The molecule has 1 nitrogen and oxygen atoms in total. The average molecular weight is 856 g/mol. The molecule has 0 aromatic heterocycles. The van der Waals surface area contributed by atoms with Crippen LogP contribution in [0.25, 0.3) is 99.1 Å². The fourth-order valence-corrected chi connectivity index (χ4v) is 9.56. The van der Waals surface area contributed by atoms with Gasteiger partial charge in [-0.1, -0.05) is 206 Å². The molecule has 12 aromatic carbocycles. The van der Waals surface area contributed by atoms with Crippen molar-refractivity contribution in [3.05, 3.63) is 273 Å². The first kappa shape index (κ1) is 35.6. The van der Waals surface area contributed by atoms with Gasteiger partial charge in [-0.15, -0.1) is 0 Å². The molecular weight excluding hydrogens is 807 g/mol. The molecule has 0 unspecified atom stereocenters. The van der Waals surface area contributed by atoms with E-state index in [1.165, 1.54) is 16.3 Å². The quantitative estimate of drug-likeness (QED) is 0.131. The summed E-state index contributed by atoms with van der Waals surface area (Å²) in [4.78, 5) is 1.87. The molecule has 67 heavy (non-hydrogen) atoms. The van der Waals surface area contributed by atoms with E-state index < -0.39 is 0 Å². The van der Waals surface area contributed by atoms with E-state index in [-0.39, 0.29) is 35.4 Å². The summed E-state index contributed by atoms with van der Waals surface area (Å²) in [6.45, 7) is 0. The molecule has 0 N–H and O–H groups in total. The Balaban J connectivity index is 0.997. The van der Waals surface area contributed by atoms with Crippen LogP contribution in [0.5, 0.6) is 0 Å². The zero-order valence-electron chi connectivity index (χ0n) is 40.6. The highest BCUT2D eigenvalue weighted by molar-refractivity contribution is 6.13. The van der Waals surface area contributed by atoms with Gasteiger partial charge in [0.1, 0.15) is 0 Å². The van der Waals surface area contributed by atoms with E-state index in [1.807, 2.05) is 83.8 Å². The van der Waals surface area contributed by atoms with Crippen molar-refractivity contribution in [3.63, 3.8) is 0 Å². The Kier molecular flexibility index (Phi) is 9.19. The van der Waals surface area contributed by atoms with Crippen LogP contribution in [0.3, 0.4) is 0 Å². The molecule has 314 valence electrons. The average Bonchev–Trinajstić information content (AvgIpc) is 3.44. The molecule has 0 spiro atoms. The van der Waals surface area contributed by atoms with E-state index in [0.29, 0.717) is 16.9 Å². The van der Waals surface area contributed by atoms with Gasteiger partial charge in [0.05, 0.1) is 5.48 Å². The number of hydrogen-bond donors (Lipinski definition) is 0. The molecule has 0 amide bonds. The SMILES string of the molecule is [2H]c1c([2H])c(N(c2ccc(-c3cc(-c4ccccc4)cc(-c4ccccc4)c3)cc2)c2ccc(-c3cccc(-c4cccc5ccccc45)c3)cc2)c([2H])c([2H])c1-c1cc2ccccc2c2ccccc12. The summed E-state index contributed by atoms with van der Waals surface area (Å²) in [5.41, 5.74) is 13.4. The van der Waals surface area contributed by atoms with Gasteiger partial charge in [0.2, 0.25) is 0 Å². The minimum atomic E-state index is -0.128. The van der Waals surface area contributed by atoms with Crippen LogP contribution in [0.4, 0.5) is 17.1 Å². The van der Waals surface area contributed by atoms with Crippen LogP contribution in [-0.4, -0.2) is 0 Å². The summed E-state index contributed by atoms with van der Waals surface area (Å²) in [6, 6.07) is 85.0. The summed E-state index contributed by atoms with van der Waals surface area (Å²) >= 11 is 0. The van der Waals surface area contributed by atoms with E-state index in [2.05, 4.69) is 170 Å². The zero-order valence-corrected chi connectivity index (χ0v) is 36.6. The highest BCUT2D eigenvalue weighted by atomic mass is 15.1. The third-order valence-corrected chi connectivity index (χ3v) is 12.9. The maximum absolute atomic E-state index is 9.82. The highest BCUT2D eigenvalue weighted by Crippen LogP contribution is 2.41. The summed E-state index contributed by atoms with van der Waals surface area (Å²) in [6.07, 6.45) is 0. The summed E-state index contributed by atoms with van der Waals surface area (Å²) < 4.78 is 39.1. The lowest BCUT2D eigenvalue weighted by Crippen LogP contribution is -2.09. The van der Waals surface area contributed by atoms with E-state index in [0.717, 1.165) is 71.6 Å². The van der Waals surface area contributed by atoms with Crippen LogP contribution in [0, 0.1) is 0 Å². The number of fused-ring (bicyclic) bond motifs is 4. The van der Waals surface area contributed by atoms with E-state index in [9.17, 15) is 5.48 Å². The summed E-state index contributed by atoms with van der Waals surface area (Å²) in [5.74, 6) is 0. The standard InChI is InChI=1S/C66H45N/c1-3-15-46(16-4-1)55-42-56(47-17-5-2-6-18-47)44-57(43-55)49-31-37-59(38-32-49)67(60-39-33-51(34-40-60)66-45-54-20-8-10-25-63(54)64-26-11-12-27-65(64)66)58-35-29-48(30-36-58)52-22-13-23-53(41-52)62-28-14-21-50-19-7-9-24-61(50)62/h1-45H/i33D,34D,39D,40D. The molecule has 0 radical (unpaired) electrons. The molecule has 0 fully saturated rings. The first-order chi connectivity index (χ1) is 34.9. The van der Waals surface area contributed by atoms with Crippen molar-refractivity contribution in [1.29, 1.82) is 0 Å². The van der Waals surface area contributed by atoms with Gasteiger partial charge in [-0.05, 0) is 166 Å². The Morgan fingerprint density at radius 2 is 0.657 bits per heavy atom. The Labute approximate surface area is 397 Å². The van der Waals surface area contributed by atoms with Gasteiger partial charge < -0.3 is 4.90 Å². The topological polar surface area (TPSA) is 3.24 Å². The largest absolute Gasteiger partial charge is 0.311 e. The predicted octanol–water partition coefficient (Wildman–Crippen LogP) is 18.6. The van der Waals surface area contributed by atoms with E-state index >= 15 is 0 Å². The lowest BCUT2D eigenvalue weighted by molar-refractivity contribution is 1.28. The second-order valence-corrected chi connectivity index (χ2v) is 17.0. The second kappa shape index (κ2) is 17.3. The highest BCUT2D eigenvalue weighted by Gasteiger charge is 2.16. The third-order valence-electron chi connectivity index (χ3n) is 12.9. The molecule has 0 saturated carbocycles. The van der Waals surface area contributed by atoms with Gasteiger partial charge in [0.15, 0.2) is 0 Å². The van der Waals surface area contributed by atoms with Crippen molar-refractivity contribution in [2.45, 2.75) is 0 Å². The monoisotopic (exact) mass is 855 g/mol. The van der Waals surface area contributed by atoms with Crippen molar-refractivity contribution in [3.8, 4) is 66.8 Å². The zero-order chi connectivity index (χ0) is 48.0. The van der Waals surface area contributed by atoms with Gasteiger partial charge in [0.25, 0.3) is 0 Å². The minimum Gasteiger partial charge on any atom is -0.311 e. The van der Waals surface area contributed by atoms with E-state index in [4.69, 9.17) is 0 Å². The second-order valence-electron chi connectivity index (χ2n) is 17.0. The van der Waals surface area contributed by atoms with Gasteiger partial charge in [0, 0.05) is 17.1 Å². The molecule has 0 aliphatic heterocycles. The first-order valence-corrected chi connectivity index (χ1v) is 22.7. The molecule has 0 atom stereocenters. The lowest BCUT2D eigenvalue weighted by atomic mass is 9.93. The number of anilines is 3. The number of nitrogens with zero attached hydrogens (tertiary/aromatic N) is 1. The summed E-state index contributed by atoms with van der Waals surface area (Å²) in [7, 11) is 0. The van der Waals surface area contributed by atoms with Crippen LogP contribution in [0.15, 0.2) is 273 Å². The molecule has 0 bridgehead atoms. The van der Waals surface area contributed by atoms with Crippen molar-refractivity contribution < 1.29 is 5.48 Å². The van der Waals surface area contributed by atoms with Crippen LogP contribution < -0.4 is 4.90 Å². The predicted molar refractivity (Wildman–Crippen MR) is 286 cm³/mol. The Morgan fingerprint density at radius 1 is 0.224 bits per heavy atom. The van der Waals surface area contributed by atoms with Crippen LogP contribution in [0.2, 0.25) is 0 Å².